The van der Waals surface area contributed by atoms with E-state index in [0.717, 1.165) is 66.5 Å². The maximum atomic E-state index is 13.7. The molecule has 0 atom stereocenters. The summed E-state index contributed by atoms with van der Waals surface area (Å²) in [5, 5.41) is 9.32. The van der Waals surface area contributed by atoms with E-state index in [9.17, 15) is 10.1 Å². The summed E-state index contributed by atoms with van der Waals surface area (Å²) in [6.45, 7) is 11.0. The monoisotopic (exact) mass is 423 g/mol. The van der Waals surface area contributed by atoms with Gasteiger partial charge in [-0.2, -0.15) is 5.26 Å². The summed E-state index contributed by atoms with van der Waals surface area (Å²) in [7, 11) is 0. The van der Waals surface area contributed by atoms with Crippen molar-refractivity contribution in [3.05, 3.63) is 69.3 Å². The van der Waals surface area contributed by atoms with Crippen LogP contribution >= 0.6 is 0 Å². The smallest absolute Gasteiger partial charge is 0.193 e. The highest BCUT2D eigenvalue weighted by molar-refractivity contribution is 6.33. The van der Waals surface area contributed by atoms with Crippen molar-refractivity contribution in [2.45, 2.75) is 51.5 Å². The Balaban J connectivity index is 1.39. The lowest BCUT2D eigenvalue weighted by Crippen LogP contribution is -2.47. The molecule has 0 radical (unpaired) electrons. The van der Waals surface area contributed by atoms with Gasteiger partial charge in [-0.3, -0.25) is 9.69 Å². The molecule has 1 heterocycles. The Morgan fingerprint density at radius 3 is 2.47 bits per heavy atom. The first-order valence-corrected chi connectivity index (χ1v) is 11.8. The second-order valence-electron chi connectivity index (χ2n) is 10.4. The number of anilines is 1. The fourth-order valence-electron chi connectivity index (χ4n) is 6.09. The fraction of sp³-hybridized carbons (Fsp3) is 0.429. The van der Waals surface area contributed by atoms with Gasteiger partial charge in [0, 0.05) is 54.5 Å². The van der Waals surface area contributed by atoms with Crippen molar-refractivity contribution in [1.82, 2.24) is 4.90 Å². The number of piperazine rings is 1. The van der Waals surface area contributed by atoms with E-state index in [1.54, 1.807) is 0 Å². The molecular weight excluding hydrogens is 394 g/mol. The molecule has 1 saturated heterocycles. The first-order chi connectivity index (χ1) is 15.4. The third-order valence-corrected chi connectivity index (χ3v) is 8.13. The Morgan fingerprint density at radius 2 is 1.78 bits per heavy atom. The number of nitrogens with zero attached hydrogens (tertiary/aromatic N) is 3. The van der Waals surface area contributed by atoms with Crippen molar-refractivity contribution in [2.75, 3.05) is 31.1 Å². The van der Waals surface area contributed by atoms with E-state index in [4.69, 9.17) is 0 Å². The predicted octanol–water partition coefficient (Wildman–Crippen LogP) is 4.63. The molecule has 4 nitrogen and oxygen atoms in total. The Bertz CT molecular complexity index is 1230. The summed E-state index contributed by atoms with van der Waals surface area (Å²) in [4.78, 5) is 18.9. The van der Waals surface area contributed by atoms with Gasteiger partial charge in [0.05, 0.1) is 11.6 Å². The van der Waals surface area contributed by atoms with Gasteiger partial charge in [0.1, 0.15) is 0 Å². The first kappa shape index (κ1) is 19.8. The van der Waals surface area contributed by atoms with Crippen molar-refractivity contribution in [1.29, 1.82) is 5.26 Å². The highest BCUT2D eigenvalue weighted by Crippen LogP contribution is 2.51. The summed E-state index contributed by atoms with van der Waals surface area (Å²) in [5.74, 6) is 0.144. The third kappa shape index (κ3) is 2.81. The highest BCUT2D eigenvalue weighted by atomic mass is 16.1. The number of carbonyl (C=O) groups is 1. The van der Waals surface area contributed by atoms with Crippen LogP contribution in [0.25, 0.3) is 5.57 Å². The van der Waals surface area contributed by atoms with Gasteiger partial charge in [-0.15, -0.1) is 0 Å². The number of rotatable bonds is 2. The Hall–Kier alpha value is -2.90. The van der Waals surface area contributed by atoms with E-state index >= 15 is 0 Å². The molecule has 1 saturated carbocycles. The summed E-state index contributed by atoms with van der Waals surface area (Å²) in [6, 6.07) is 13.3. The lowest BCUT2D eigenvalue weighted by atomic mass is 9.68. The molecule has 4 heteroatoms. The van der Waals surface area contributed by atoms with Crippen LogP contribution in [0.15, 0.2) is 35.9 Å². The molecule has 1 aliphatic heterocycles. The van der Waals surface area contributed by atoms with E-state index in [1.807, 2.05) is 18.2 Å². The number of Topliss-reactive ketones (excluding diaryl/α,β-unsaturated/α-hetero) is 1. The van der Waals surface area contributed by atoms with Crippen molar-refractivity contribution in [3.63, 3.8) is 0 Å². The number of carbonyl (C=O) groups excluding carboxylic acids is 1. The lowest BCUT2D eigenvalue weighted by molar-refractivity contribution is 0.105. The number of allylic oxidation sites excluding steroid dienone is 2. The summed E-state index contributed by atoms with van der Waals surface area (Å²) >= 11 is 0. The molecule has 2 fully saturated rings. The van der Waals surface area contributed by atoms with Crippen LogP contribution in [0.2, 0.25) is 0 Å². The first-order valence-electron chi connectivity index (χ1n) is 11.8. The Kier molecular flexibility index (Phi) is 4.20. The SMILES string of the molecule is Cc1cc2c(cc1N1CCN(C3CC3)CC1)C(C)(C)C1=C(C2=O)c2ccc(C#N)cc2C1. The van der Waals surface area contributed by atoms with Crippen LogP contribution in [0.4, 0.5) is 5.69 Å². The molecule has 0 amide bonds. The van der Waals surface area contributed by atoms with E-state index in [1.165, 1.54) is 29.7 Å². The van der Waals surface area contributed by atoms with Gasteiger partial charge in [-0.1, -0.05) is 19.9 Å². The Labute approximate surface area is 190 Å². The second-order valence-corrected chi connectivity index (χ2v) is 10.4. The van der Waals surface area contributed by atoms with Crippen molar-refractivity contribution in [2.24, 2.45) is 0 Å². The highest BCUT2D eigenvalue weighted by Gasteiger charge is 2.43. The van der Waals surface area contributed by atoms with Crippen LogP contribution in [-0.4, -0.2) is 42.9 Å². The normalized spacial score (nSPS) is 21.8. The minimum atomic E-state index is -0.220. The van der Waals surface area contributed by atoms with Crippen LogP contribution < -0.4 is 4.90 Å². The zero-order chi connectivity index (χ0) is 22.2. The molecule has 32 heavy (non-hydrogen) atoms. The molecular formula is C28H29N3O. The van der Waals surface area contributed by atoms with E-state index in [-0.39, 0.29) is 11.2 Å². The number of benzene rings is 2. The van der Waals surface area contributed by atoms with E-state index in [0.29, 0.717) is 5.56 Å². The molecule has 0 aromatic heterocycles. The standard InChI is InChI=1S/C28H29N3O/c1-17-12-22-23(15-25(17)31-10-8-30(9-11-31)20-5-6-20)28(2,3)24-14-19-13-18(16-29)4-7-21(19)26(24)27(22)32/h4,7,12-13,15,20H,5-6,8-11,14H2,1-3H3. The molecule has 0 bridgehead atoms. The van der Waals surface area contributed by atoms with Gasteiger partial charge in [0.2, 0.25) is 0 Å². The van der Waals surface area contributed by atoms with Crippen molar-refractivity contribution in [3.8, 4) is 6.07 Å². The van der Waals surface area contributed by atoms with Crippen LogP contribution in [0.3, 0.4) is 0 Å². The number of ketones is 1. The quantitative estimate of drug-likeness (QED) is 0.706. The number of hydrogen-bond acceptors (Lipinski definition) is 4. The second kappa shape index (κ2) is 6.80. The van der Waals surface area contributed by atoms with Gasteiger partial charge in [0.15, 0.2) is 5.78 Å². The molecule has 3 aliphatic carbocycles. The maximum absolute atomic E-state index is 13.7. The van der Waals surface area contributed by atoms with E-state index < -0.39 is 0 Å². The summed E-state index contributed by atoms with van der Waals surface area (Å²) < 4.78 is 0. The van der Waals surface area contributed by atoms with Crippen LogP contribution in [-0.2, 0) is 11.8 Å². The predicted molar refractivity (Wildman–Crippen MR) is 127 cm³/mol. The van der Waals surface area contributed by atoms with Crippen molar-refractivity contribution < 1.29 is 4.79 Å². The summed E-state index contributed by atoms with van der Waals surface area (Å²) in [6.07, 6.45) is 3.48. The average molecular weight is 424 g/mol. The molecule has 2 aromatic carbocycles. The number of fused-ring (bicyclic) bond motifs is 3. The van der Waals surface area contributed by atoms with Gasteiger partial charge < -0.3 is 4.90 Å². The lowest BCUT2D eigenvalue weighted by Gasteiger charge is -2.39. The van der Waals surface area contributed by atoms with Crippen molar-refractivity contribution >= 4 is 17.0 Å². The fourth-order valence-corrected chi connectivity index (χ4v) is 6.09. The van der Waals surface area contributed by atoms with Gasteiger partial charge in [-0.05, 0) is 78.3 Å². The van der Waals surface area contributed by atoms with Gasteiger partial charge in [-0.25, -0.2) is 0 Å². The minimum absolute atomic E-state index is 0.144. The average Bonchev–Trinajstić information content (AvgIpc) is 3.57. The molecule has 6 rings (SSSR count). The zero-order valence-corrected chi connectivity index (χ0v) is 19.2. The molecule has 2 aromatic rings. The molecule has 0 N–H and O–H groups in total. The van der Waals surface area contributed by atoms with Crippen LogP contribution in [0.5, 0.6) is 0 Å². The summed E-state index contributed by atoms with van der Waals surface area (Å²) in [5.41, 5.74) is 9.11. The van der Waals surface area contributed by atoms with Crippen LogP contribution in [0, 0.1) is 18.3 Å². The number of nitriles is 1. The third-order valence-electron chi connectivity index (χ3n) is 8.13. The number of hydrogen-bond donors (Lipinski definition) is 0. The molecule has 4 aliphatic rings. The topological polar surface area (TPSA) is 47.3 Å². The molecule has 0 unspecified atom stereocenters. The number of aryl methyl sites for hydroxylation is 1. The maximum Gasteiger partial charge on any atom is 0.193 e. The van der Waals surface area contributed by atoms with Gasteiger partial charge in [0.25, 0.3) is 0 Å². The van der Waals surface area contributed by atoms with Crippen LogP contribution in [0.1, 0.15) is 64.9 Å². The zero-order valence-electron chi connectivity index (χ0n) is 19.2. The largest absolute Gasteiger partial charge is 0.369 e. The minimum Gasteiger partial charge on any atom is -0.369 e. The molecule has 0 spiro atoms. The van der Waals surface area contributed by atoms with Gasteiger partial charge >= 0.3 is 0 Å². The Morgan fingerprint density at radius 1 is 1.03 bits per heavy atom. The molecule has 162 valence electrons. The van der Waals surface area contributed by atoms with E-state index in [2.05, 4.69) is 48.8 Å².